The van der Waals surface area contributed by atoms with E-state index >= 15 is 0 Å². The highest BCUT2D eigenvalue weighted by molar-refractivity contribution is 14.1. The first-order chi connectivity index (χ1) is 12.8. The molecule has 0 bridgehead atoms. The van der Waals surface area contributed by atoms with E-state index in [1.807, 2.05) is 12.1 Å². The van der Waals surface area contributed by atoms with Crippen LogP contribution in [0.4, 0.5) is 5.69 Å². The lowest BCUT2D eigenvalue weighted by Gasteiger charge is -2.11. The van der Waals surface area contributed by atoms with Gasteiger partial charge in [0.05, 0.1) is 16.5 Å². The summed E-state index contributed by atoms with van der Waals surface area (Å²) in [5.74, 6) is -0.143. The fourth-order valence-electron chi connectivity index (χ4n) is 2.00. The van der Waals surface area contributed by atoms with E-state index in [1.165, 1.54) is 25.3 Å². The smallest absolute Gasteiger partial charge is 0.262 e. The number of rotatable bonds is 9. The molecule has 0 unspecified atom stereocenters. The molecule has 2 rings (SSSR count). The largest absolute Gasteiger partial charge is 0.482 e. The van der Waals surface area contributed by atoms with E-state index in [1.54, 1.807) is 12.1 Å². The van der Waals surface area contributed by atoms with Gasteiger partial charge in [-0.05, 0) is 65.1 Å². The Morgan fingerprint density at radius 1 is 1.19 bits per heavy atom. The van der Waals surface area contributed by atoms with Gasteiger partial charge in [-0.15, -0.1) is 0 Å². The fourth-order valence-corrected chi connectivity index (χ4v) is 3.70. The highest BCUT2D eigenvalue weighted by Crippen LogP contribution is 2.27. The van der Waals surface area contributed by atoms with Crippen molar-refractivity contribution in [2.45, 2.75) is 4.90 Å². The van der Waals surface area contributed by atoms with Gasteiger partial charge in [-0.3, -0.25) is 4.79 Å². The third-order valence-corrected chi connectivity index (χ3v) is 5.77. The molecule has 27 heavy (non-hydrogen) atoms. The molecule has 0 aliphatic heterocycles. The number of ether oxygens (including phenoxy) is 2. The van der Waals surface area contributed by atoms with E-state index in [-0.39, 0.29) is 41.3 Å². The van der Waals surface area contributed by atoms with Crippen LogP contribution in [0.2, 0.25) is 5.02 Å². The maximum absolute atomic E-state index is 12.1. The summed E-state index contributed by atoms with van der Waals surface area (Å²) in [6.07, 6.45) is 0. The Balaban J connectivity index is 1.95. The molecule has 0 spiro atoms. The van der Waals surface area contributed by atoms with Gasteiger partial charge in [0, 0.05) is 22.9 Å². The highest BCUT2D eigenvalue weighted by atomic mass is 127. The quantitative estimate of drug-likeness (QED) is 0.389. The van der Waals surface area contributed by atoms with Crippen LogP contribution in [0.25, 0.3) is 0 Å². The molecular formula is C17H18ClIN2O5S. The van der Waals surface area contributed by atoms with Crippen LogP contribution >= 0.6 is 34.2 Å². The number of amides is 1. The number of benzene rings is 2. The third-order valence-electron chi connectivity index (χ3n) is 3.30. The summed E-state index contributed by atoms with van der Waals surface area (Å²) in [6, 6.07) is 11.3. The molecule has 0 saturated carbocycles. The predicted molar refractivity (Wildman–Crippen MR) is 112 cm³/mol. The number of sulfonamides is 1. The van der Waals surface area contributed by atoms with E-state index in [4.69, 9.17) is 21.1 Å². The van der Waals surface area contributed by atoms with Crippen LogP contribution in [-0.4, -0.2) is 41.2 Å². The summed E-state index contributed by atoms with van der Waals surface area (Å²) in [5, 5.41) is 2.78. The SMILES string of the molecule is COCCNS(=O)(=O)c1ccc(OCC(=O)Nc2ccc(I)cc2)c(Cl)c1. The normalized spacial score (nSPS) is 11.2. The van der Waals surface area contributed by atoms with E-state index in [0.717, 1.165) is 3.57 Å². The molecular weight excluding hydrogens is 507 g/mol. The van der Waals surface area contributed by atoms with Crippen molar-refractivity contribution in [2.75, 3.05) is 32.2 Å². The van der Waals surface area contributed by atoms with Gasteiger partial charge in [0.25, 0.3) is 5.91 Å². The zero-order chi connectivity index (χ0) is 19.9. The number of carbonyl (C=O) groups is 1. The van der Waals surface area contributed by atoms with Crippen molar-refractivity contribution in [1.29, 1.82) is 0 Å². The highest BCUT2D eigenvalue weighted by Gasteiger charge is 2.16. The Bertz CT molecular complexity index is 891. The second-order valence-electron chi connectivity index (χ2n) is 5.33. The van der Waals surface area contributed by atoms with Crippen molar-refractivity contribution < 1.29 is 22.7 Å². The minimum Gasteiger partial charge on any atom is -0.482 e. The van der Waals surface area contributed by atoms with Gasteiger partial charge in [0.15, 0.2) is 6.61 Å². The van der Waals surface area contributed by atoms with Crippen LogP contribution in [0.15, 0.2) is 47.4 Å². The second kappa shape index (κ2) is 10.2. The Labute approximate surface area is 176 Å². The lowest BCUT2D eigenvalue weighted by Crippen LogP contribution is -2.27. The molecule has 10 heteroatoms. The van der Waals surface area contributed by atoms with Crippen molar-refractivity contribution in [3.63, 3.8) is 0 Å². The van der Waals surface area contributed by atoms with Gasteiger partial charge in [-0.1, -0.05) is 11.6 Å². The monoisotopic (exact) mass is 524 g/mol. The molecule has 2 N–H and O–H groups in total. The number of anilines is 1. The Morgan fingerprint density at radius 2 is 1.89 bits per heavy atom. The Kier molecular flexibility index (Phi) is 8.29. The van der Waals surface area contributed by atoms with Crippen LogP contribution in [0.3, 0.4) is 0 Å². The summed E-state index contributed by atoms with van der Waals surface area (Å²) in [6.45, 7) is 0.140. The summed E-state index contributed by atoms with van der Waals surface area (Å²) >= 11 is 8.25. The zero-order valence-corrected chi connectivity index (χ0v) is 18.1. The van der Waals surface area contributed by atoms with Gasteiger partial charge in [-0.2, -0.15) is 0 Å². The number of halogens is 2. The van der Waals surface area contributed by atoms with Crippen LogP contribution < -0.4 is 14.8 Å². The molecule has 0 heterocycles. The van der Waals surface area contributed by atoms with E-state index < -0.39 is 10.0 Å². The first-order valence-electron chi connectivity index (χ1n) is 7.78. The number of hydrogen-bond acceptors (Lipinski definition) is 5. The molecule has 1 amide bonds. The first kappa shape index (κ1) is 21.9. The molecule has 0 atom stereocenters. The average Bonchev–Trinajstić information content (AvgIpc) is 2.62. The molecule has 0 aliphatic rings. The van der Waals surface area contributed by atoms with Crippen molar-refractivity contribution in [2.24, 2.45) is 0 Å². The number of nitrogens with one attached hydrogen (secondary N) is 2. The fraction of sp³-hybridized carbons (Fsp3) is 0.235. The van der Waals surface area contributed by atoms with E-state index in [2.05, 4.69) is 32.6 Å². The topological polar surface area (TPSA) is 93.7 Å². The van der Waals surface area contributed by atoms with Crippen molar-refractivity contribution in [3.05, 3.63) is 51.1 Å². The number of hydrogen-bond donors (Lipinski definition) is 2. The molecule has 146 valence electrons. The molecule has 2 aromatic carbocycles. The standard InChI is InChI=1S/C17H18ClIN2O5S/c1-25-9-8-20-27(23,24)14-6-7-16(15(18)10-14)26-11-17(22)21-13-4-2-12(19)3-5-13/h2-7,10,20H,8-9,11H2,1H3,(H,21,22). The molecule has 0 fully saturated rings. The molecule has 2 aromatic rings. The lowest BCUT2D eigenvalue weighted by atomic mass is 10.3. The molecule has 0 radical (unpaired) electrons. The molecule has 7 nitrogen and oxygen atoms in total. The minimum atomic E-state index is -3.70. The summed E-state index contributed by atoms with van der Waals surface area (Å²) in [5.41, 5.74) is 0.652. The first-order valence-corrected chi connectivity index (χ1v) is 10.7. The van der Waals surface area contributed by atoms with E-state index in [0.29, 0.717) is 5.69 Å². The van der Waals surface area contributed by atoms with Crippen molar-refractivity contribution in [1.82, 2.24) is 4.72 Å². The van der Waals surface area contributed by atoms with Gasteiger partial charge >= 0.3 is 0 Å². The van der Waals surface area contributed by atoms with Crippen molar-refractivity contribution >= 4 is 55.8 Å². The zero-order valence-electron chi connectivity index (χ0n) is 14.4. The number of methoxy groups -OCH3 is 1. The third kappa shape index (κ3) is 6.92. The van der Waals surface area contributed by atoms with Crippen LogP contribution in [0.5, 0.6) is 5.75 Å². The average molecular weight is 525 g/mol. The van der Waals surface area contributed by atoms with E-state index in [9.17, 15) is 13.2 Å². The lowest BCUT2D eigenvalue weighted by molar-refractivity contribution is -0.118. The van der Waals surface area contributed by atoms with Crippen LogP contribution in [-0.2, 0) is 19.6 Å². The Morgan fingerprint density at radius 3 is 2.52 bits per heavy atom. The van der Waals surface area contributed by atoms with Crippen molar-refractivity contribution in [3.8, 4) is 5.75 Å². The maximum Gasteiger partial charge on any atom is 0.262 e. The molecule has 0 aliphatic carbocycles. The summed E-state index contributed by atoms with van der Waals surface area (Å²) < 4.78 is 37.9. The maximum atomic E-state index is 12.1. The van der Waals surface area contributed by atoms with Gasteiger partial charge in [0.1, 0.15) is 5.75 Å². The van der Waals surface area contributed by atoms with Gasteiger partial charge < -0.3 is 14.8 Å². The van der Waals surface area contributed by atoms with Crippen LogP contribution in [0, 0.1) is 3.57 Å². The molecule has 0 saturated heterocycles. The molecule has 0 aromatic heterocycles. The predicted octanol–water partition coefficient (Wildman–Crippen LogP) is 2.89. The summed E-state index contributed by atoms with van der Waals surface area (Å²) in [4.78, 5) is 12.0. The summed E-state index contributed by atoms with van der Waals surface area (Å²) in [7, 11) is -2.22. The van der Waals surface area contributed by atoms with Gasteiger partial charge in [-0.25, -0.2) is 13.1 Å². The minimum absolute atomic E-state index is 0.000655. The van der Waals surface area contributed by atoms with Crippen LogP contribution in [0.1, 0.15) is 0 Å². The Hall–Kier alpha value is -1.40. The van der Waals surface area contributed by atoms with Gasteiger partial charge in [0.2, 0.25) is 10.0 Å². The number of carbonyl (C=O) groups excluding carboxylic acids is 1. The second-order valence-corrected chi connectivity index (χ2v) is 8.75.